The van der Waals surface area contributed by atoms with Crippen molar-refractivity contribution in [2.45, 2.75) is 32.9 Å². The summed E-state index contributed by atoms with van der Waals surface area (Å²) in [5.41, 5.74) is 0.999. The number of aryl methyl sites for hydroxylation is 1. The topological polar surface area (TPSA) is 85.5 Å². The van der Waals surface area contributed by atoms with E-state index in [4.69, 9.17) is 20.8 Å². The number of benzene rings is 2. The van der Waals surface area contributed by atoms with Gasteiger partial charge in [0.1, 0.15) is 16.3 Å². The maximum Gasteiger partial charge on any atom is 0.297 e. The Balaban J connectivity index is 1.73. The van der Waals surface area contributed by atoms with Crippen LogP contribution in [0.4, 0.5) is 5.13 Å². The molecule has 9 heteroatoms. The number of carbonyl (C=O) groups excluding carboxylic acids is 1. The lowest BCUT2D eigenvalue weighted by molar-refractivity contribution is 0.0970. The molecule has 0 bridgehead atoms. The van der Waals surface area contributed by atoms with Gasteiger partial charge in [0.2, 0.25) is 10.9 Å². The molecule has 0 radical (unpaired) electrons. The zero-order chi connectivity index (χ0) is 22.6. The molecular weight excluding hydrogens is 450 g/mol. The van der Waals surface area contributed by atoms with Crippen LogP contribution in [0.25, 0.3) is 11.0 Å². The van der Waals surface area contributed by atoms with Crippen molar-refractivity contribution in [2.75, 3.05) is 4.90 Å². The maximum atomic E-state index is 13.5. The summed E-state index contributed by atoms with van der Waals surface area (Å²) in [6.45, 7) is 5.70. The van der Waals surface area contributed by atoms with E-state index in [-0.39, 0.29) is 22.9 Å². The number of hydrogen-bond donors (Lipinski definition) is 0. The van der Waals surface area contributed by atoms with Crippen molar-refractivity contribution in [3.63, 3.8) is 0 Å². The van der Waals surface area contributed by atoms with Crippen molar-refractivity contribution in [1.29, 1.82) is 0 Å². The quantitative estimate of drug-likeness (QED) is 0.413. The van der Waals surface area contributed by atoms with Crippen LogP contribution in [-0.2, 0) is 0 Å². The van der Waals surface area contributed by atoms with E-state index in [0.29, 0.717) is 31.9 Å². The largest absolute Gasteiger partial charge is 0.491 e. The van der Waals surface area contributed by atoms with E-state index in [0.717, 1.165) is 5.56 Å². The van der Waals surface area contributed by atoms with Crippen LogP contribution < -0.4 is 15.1 Å². The van der Waals surface area contributed by atoms with Crippen LogP contribution in [0.1, 0.15) is 46.6 Å². The van der Waals surface area contributed by atoms with Gasteiger partial charge >= 0.3 is 0 Å². The molecule has 162 valence electrons. The lowest BCUT2D eigenvalue weighted by Gasteiger charge is -2.22. The van der Waals surface area contributed by atoms with E-state index >= 15 is 0 Å². The molecular formula is C23H18ClN3O4S. The number of rotatable bonds is 4. The minimum absolute atomic E-state index is 0.00480. The highest BCUT2D eigenvalue weighted by molar-refractivity contribution is 7.15. The van der Waals surface area contributed by atoms with E-state index in [1.165, 1.54) is 16.2 Å². The number of carbonyl (C=O) groups is 1. The fourth-order valence-electron chi connectivity index (χ4n) is 3.84. The molecule has 0 saturated carbocycles. The zero-order valence-electron chi connectivity index (χ0n) is 17.5. The Labute approximate surface area is 192 Å². The number of nitrogens with zero attached hydrogens (tertiary/aromatic N) is 3. The van der Waals surface area contributed by atoms with Gasteiger partial charge in [-0.25, -0.2) is 0 Å². The van der Waals surface area contributed by atoms with Crippen molar-refractivity contribution < 1.29 is 13.9 Å². The monoisotopic (exact) mass is 467 g/mol. The highest BCUT2D eigenvalue weighted by Gasteiger charge is 2.45. The van der Waals surface area contributed by atoms with Gasteiger partial charge in [0.25, 0.3) is 5.91 Å². The molecule has 0 aliphatic carbocycles. The first-order chi connectivity index (χ1) is 15.3. The lowest BCUT2D eigenvalue weighted by atomic mass is 9.98. The van der Waals surface area contributed by atoms with Gasteiger partial charge in [-0.15, -0.1) is 10.2 Å². The Hall–Kier alpha value is -3.23. The number of anilines is 1. The standard InChI is InChI=1S/C23H18ClN3O4S/c1-11(2)30-15-7-4-13(5-8-15)19-18-20(28)16-10-14(24)6-9-17(16)31-21(18)22(29)27(19)23-26-25-12(3)32-23/h4-11,19H,1-3H3. The summed E-state index contributed by atoms with van der Waals surface area (Å²) in [5.74, 6) is 0.270. The number of halogens is 1. The van der Waals surface area contributed by atoms with E-state index in [9.17, 15) is 9.59 Å². The first-order valence-corrected chi connectivity index (χ1v) is 11.2. The van der Waals surface area contributed by atoms with Crippen LogP contribution >= 0.6 is 22.9 Å². The molecule has 1 atom stereocenters. The minimum Gasteiger partial charge on any atom is -0.491 e. The van der Waals surface area contributed by atoms with Gasteiger partial charge in [-0.1, -0.05) is 35.1 Å². The molecule has 2 aromatic heterocycles. The summed E-state index contributed by atoms with van der Waals surface area (Å²) in [5, 5.41) is 10.1. The minimum atomic E-state index is -0.711. The third kappa shape index (κ3) is 3.36. The van der Waals surface area contributed by atoms with Crippen molar-refractivity contribution in [3.8, 4) is 5.75 Å². The van der Waals surface area contributed by atoms with Crippen molar-refractivity contribution >= 4 is 44.9 Å². The van der Waals surface area contributed by atoms with Gasteiger partial charge in [-0.2, -0.15) is 0 Å². The molecule has 0 N–H and O–H groups in total. The molecule has 0 fully saturated rings. The normalized spacial score (nSPS) is 15.6. The molecule has 1 unspecified atom stereocenters. The van der Waals surface area contributed by atoms with Crippen molar-refractivity contribution in [2.24, 2.45) is 0 Å². The fraction of sp³-hybridized carbons (Fsp3) is 0.217. The summed E-state index contributed by atoms with van der Waals surface area (Å²) < 4.78 is 11.7. The SMILES string of the molecule is Cc1nnc(N2C(=O)c3oc4ccc(Cl)cc4c(=O)c3C2c2ccc(OC(C)C)cc2)s1. The first kappa shape index (κ1) is 20.7. The van der Waals surface area contributed by atoms with Gasteiger partial charge in [-0.05, 0) is 56.7 Å². The third-order valence-electron chi connectivity index (χ3n) is 5.12. The molecule has 2 aromatic carbocycles. The van der Waals surface area contributed by atoms with Crippen molar-refractivity contribution in [3.05, 3.63) is 79.6 Å². The summed E-state index contributed by atoms with van der Waals surface area (Å²) in [6, 6.07) is 11.4. The zero-order valence-corrected chi connectivity index (χ0v) is 19.0. The molecule has 5 rings (SSSR count). The molecule has 3 heterocycles. The highest BCUT2D eigenvalue weighted by atomic mass is 35.5. The molecule has 4 aromatic rings. The number of amides is 1. The fourth-order valence-corrected chi connectivity index (χ4v) is 4.73. The van der Waals surface area contributed by atoms with Crippen LogP contribution in [0.15, 0.2) is 51.7 Å². The van der Waals surface area contributed by atoms with E-state index in [1.807, 2.05) is 45.0 Å². The summed E-state index contributed by atoms with van der Waals surface area (Å²) in [4.78, 5) is 28.5. The smallest absolute Gasteiger partial charge is 0.297 e. The molecule has 32 heavy (non-hydrogen) atoms. The van der Waals surface area contributed by atoms with Crippen LogP contribution in [-0.4, -0.2) is 22.2 Å². The van der Waals surface area contributed by atoms with Crippen molar-refractivity contribution in [1.82, 2.24) is 10.2 Å². The Morgan fingerprint density at radius 1 is 1.12 bits per heavy atom. The summed E-state index contributed by atoms with van der Waals surface area (Å²) in [7, 11) is 0. The van der Waals surface area contributed by atoms with Crippen LogP contribution in [0, 0.1) is 6.92 Å². The number of aromatic nitrogens is 2. The Bertz CT molecular complexity index is 1410. The number of hydrogen-bond acceptors (Lipinski definition) is 7. The lowest BCUT2D eigenvalue weighted by Crippen LogP contribution is -2.29. The number of ether oxygens (including phenoxy) is 1. The molecule has 7 nitrogen and oxygen atoms in total. The van der Waals surface area contributed by atoms with Gasteiger partial charge < -0.3 is 9.15 Å². The molecule has 1 amide bonds. The van der Waals surface area contributed by atoms with Gasteiger partial charge in [0, 0.05) is 5.02 Å². The Morgan fingerprint density at radius 3 is 2.53 bits per heavy atom. The van der Waals surface area contributed by atoms with Crippen LogP contribution in [0.3, 0.4) is 0 Å². The van der Waals surface area contributed by atoms with Crippen LogP contribution in [0.2, 0.25) is 5.02 Å². The second-order valence-corrected chi connectivity index (χ2v) is 9.33. The second-order valence-electron chi connectivity index (χ2n) is 7.73. The first-order valence-electron chi connectivity index (χ1n) is 10.00. The third-order valence-corrected chi connectivity index (χ3v) is 6.19. The van der Waals surface area contributed by atoms with E-state index in [2.05, 4.69) is 10.2 Å². The summed E-state index contributed by atoms with van der Waals surface area (Å²) in [6.07, 6.45) is 0.0265. The predicted octanol–water partition coefficient (Wildman–Crippen LogP) is 5.14. The number of fused-ring (bicyclic) bond motifs is 2. The van der Waals surface area contributed by atoms with E-state index in [1.54, 1.807) is 18.2 Å². The highest BCUT2D eigenvalue weighted by Crippen LogP contribution is 2.42. The Morgan fingerprint density at radius 2 is 1.88 bits per heavy atom. The van der Waals surface area contributed by atoms with Gasteiger partial charge in [-0.3, -0.25) is 14.5 Å². The van der Waals surface area contributed by atoms with Gasteiger partial charge in [0.05, 0.1) is 23.1 Å². The Kier molecular flexibility index (Phi) is 4.98. The molecule has 0 spiro atoms. The summed E-state index contributed by atoms with van der Waals surface area (Å²) >= 11 is 7.40. The second kappa shape index (κ2) is 7.72. The maximum absolute atomic E-state index is 13.5. The van der Waals surface area contributed by atoms with Crippen LogP contribution in [0.5, 0.6) is 5.75 Å². The van der Waals surface area contributed by atoms with Gasteiger partial charge in [0.15, 0.2) is 5.43 Å². The average Bonchev–Trinajstić information content (AvgIpc) is 3.30. The predicted molar refractivity (Wildman–Crippen MR) is 123 cm³/mol. The molecule has 1 aliphatic rings. The van der Waals surface area contributed by atoms with E-state index < -0.39 is 11.9 Å². The average molecular weight is 468 g/mol. The molecule has 0 saturated heterocycles. The molecule has 1 aliphatic heterocycles.